The van der Waals surface area contributed by atoms with Gasteiger partial charge in [-0.2, -0.15) is 13.2 Å². The molecule has 1 aliphatic rings. The fraction of sp³-hybridized carbons (Fsp3) is 0.440. The molecule has 1 aromatic carbocycles. The lowest BCUT2D eigenvalue weighted by molar-refractivity contribution is -0.117. The molecule has 3 heterocycles. The fourth-order valence-corrected chi connectivity index (χ4v) is 2.92. The molecular formula is C25H36F3N5O2. The number of nitrogens with two attached hydrogens (primary N) is 1. The number of amides is 1. The number of aromatic nitrogens is 3. The lowest BCUT2D eigenvalue weighted by atomic mass is 10.0. The molecule has 0 saturated carbocycles. The number of nitrogens with zero attached hydrogens (tertiary/aromatic N) is 3. The smallest absolute Gasteiger partial charge is 0.386 e. The van der Waals surface area contributed by atoms with Crippen molar-refractivity contribution in [2.24, 2.45) is 0 Å². The van der Waals surface area contributed by atoms with Crippen molar-refractivity contribution in [1.29, 1.82) is 0 Å². The van der Waals surface area contributed by atoms with E-state index in [-0.39, 0.29) is 12.5 Å². The third-order valence-electron chi connectivity index (χ3n) is 4.36. The third kappa shape index (κ3) is 12.0. The van der Waals surface area contributed by atoms with Gasteiger partial charge in [-0.25, -0.2) is 9.97 Å². The maximum absolute atomic E-state index is 12.1. The molecule has 2 aromatic heterocycles. The molecule has 1 aliphatic heterocycles. The second-order valence-corrected chi connectivity index (χ2v) is 7.04. The van der Waals surface area contributed by atoms with Crippen LogP contribution in [0.4, 0.5) is 18.9 Å². The Balaban J connectivity index is 0.000000597. The number of rotatable bonds is 2. The number of pyridine rings is 1. The number of nitrogen functional groups attached to an aromatic ring is 1. The third-order valence-corrected chi connectivity index (χ3v) is 4.36. The van der Waals surface area contributed by atoms with Gasteiger partial charge in [0.15, 0.2) is 0 Å². The van der Waals surface area contributed by atoms with Crippen molar-refractivity contribution in [2.45, 2.75) is 60.6 Å². The Morgan fingerprint density at radius 2 is 1.63 bits per heavy atom. The van der Waals surface area contributed by atoms with Crippen molar-refractivity contribution in [2.75, 3.05) is 18.8 Å². The summed E-state index contributed by atoms with van der Waals surface area (Å²) in [7, 11) is 0. The van der Waals surface area contributed by atoms with Gasteiger partial charge in [0, 0.05) is 42.8 Å². The molecule has 0 bridgehead atoms. The van der Waals surface area contributed by atoms with Crippen molar-refractivity contribution in [3.63, 3.8) is 0 Å². The zero-order valence-electron chi connectivity index (χ0n) is 21.2. The van der Waals surface area contributed by atoms with Gasteiger partial charge >= 0.3 is 6.18 Å². The van der Waals surface area contributed by atoms with E-state index in [1.54, 1.807) is 23.2 Å². The van der Waals surface area contributed by atoms with Gasteiger partial charge in [-0.05, 0) is 49.1 Å². The zero-order chi connectivity index (χ0) is 27.0. The number of carbonyl (C=O) groups excluding carboxylic acids is 1. The lowest BCUT2D eigenvalue weighted by Gasteiger charge is -2.07. The molecule has 35 heavy (non-hydrogen) atoms. The van der Waals surface area contributed by atoms with Gasteiger partial charge in [-0.3, -0.25) is 9.59 Å². The first-order chi connectivity index (χ1) is 16.6. The topological polar surface area (TPSA) is 105 Å². The summed E-state index contributed by atoms with van der Waals surface area (Å²) >= 11 is 0. The maximum atomic E-state index is 12.1. The summed E-state index contributed by atoms with van der Waals surface area (Å²) in [6, 6.07) is 7.30. The molecule has 0 unspecified atom stereocenters. The Morgan fingerprint density at radius 3 is 2.14 bits per heavy atom. The van der Waals surface area contributed by atoms with Crippen LogP contribution in [0.3, 0.4) is 0 Å². The summed E-state index contributed by atoms with van der Waals surface area (Å²) in [6.45, 7) is 12.1. The van der Waals surface area contributed by atoms with E-state index in [4.69, 9.17) is 5.73 Å². The molecule has 4 rings (SSSR count). The van der Waals surface area contributed by atoms with Crippen LogP contribution in [-0.4, -0.2) is 45.5 Å². The summed E-state index contributed by atoms with van der Waals surface area (Å²) in [5.74, 6) is 0. The normalized spacial score (nSPS) is 12.0. The van der Waals surface area contributed by atoms with Crippen LogP contribution in [0.2, 0.25) is 0 Å². The molecule has 0 aliphatic carbocycles. The number of hydrogen-bond donors (Lipinski definition) is 2. The Bertz CT molecular complexity index is 1070. The molecule has 194 valence electrons. The predicted octanol–water partition coefficient (Wildman–Crippen LogP) is 5.74. The lowest BCUT2D eigenvalue weighted by Crippen LogP contribution is -2.15. The number of nitrogens with one attached hydrogen (secondary N) is 1. The van der Waals surface area contributed by atoms with Gasteiger partial charge in [0.2, 0.25) is 6.41 Å². The number of aromatic amines is 1. The van der Waals surface area contributed by atoms with E-state index >= 15 is 0 Å². The van der Waals surface area contributed by atoms with Crippen molar-refractivity contribution in [3.8, 4) is 11.1 Å². The second-order valence-electron chi connectivity index (χ2n) is 7.04. The van der Waals surface area contributed by atoms with E-state index in [2.05, 4.69) is 15.0 Å². The minimum Gasteiger partial charge on any atom is -0.399 e. The number of fused-ring (bicyclic) bond motifs is 1. The summed E-state index contributed by atoms with van der Waals surface area (Å²) in [5.41, 5.74) is 9.17. The van der Waals surface area contributed by atoms with E-state index in [1.165, 1.54) is 19.2 Å². The molecule has 0 atom stereocenters. The molecule has 1 saturated heterocycles. The minimum atomic E-state index is -4.00. The Labute approximate surface area is 204 Å². The quantitative estimate of drug-likeness (QED) is 0.349. The van der Waals surface area contributed by atoms with Crippen molar-refractivity contribution in [1.82, 2.24) is 19.9 Å². The highest BCUT2D eigenvalue weighted by molar-refractivity contribution is 5.81. The summed E-state index contributed by atoms with van der Waals surface area (Å²) < 4.78 is 31.1. The first-order valence-corrected chi connectivity index (χ1v) is 11.5. The number of H-pyrrole nitrogens is 1. The number of hydrogen-bond acceptors (Lipinski definition) is 5. The monoisotopic (exact) mass is 495 g/mol. The molecule has 0 spiro atoms. The SMILES string of the molecule is CC.CC.CC(F)(F)F.Cc1ccc(N)cc1-c1cc2cncnc2[nH]c1=O.O=CN1CCCC1. The Kier molecular flexibility index (Phi) is 14.6. The number of anilines is 1. The molecule has 0 radical (unpaired) electrons. The Morgan fingerprint density at radius 1 is 1.06 bits per heavy atom. The van der Waals surface area contributed by atoms with Gasteiger partial charge in [0.1, 0.15) is 12.0 Å². The fourth-order valence-electron chi connectivity index (χ4n) is 2.92. The number of aryl methyl sites for hydroxylation is 1. The standard InChI is InChI=1S/C14H12N4O.C5H9NO.C2H3F3.2C2H6/c1-8-2-3-10(15)5-11(8)12-4-9-6-16-7-17-13(9)18-14(12)19;7-5-6-3-1-2-4-6;1-2(3,4)5;2*1-2/h2-7H,15H2,1H3,(H,16,17,18,19);5H,1-4H2;1H3;2*1-2H3. The molecule has 3 aromatic rings. The second kappa shape index (κ2) is 16.2. The number of halogens is 3. The highest BCUT2D eigenvalue weighted by Gasteiger charge is 2.15. The van der Waals surface area contributed by atoms with Crippen LogP contribution in [0.5, 0.6) is 0 Å². The van der Waals surface area contributed by atoms with E-state index in [9.17, 15) is 22.8 Å². The van der Waals surface area contributed by atoms with Gasteiger partial charge < -0.3 is 15.6 Å². The van der Waals surface area contributed by atoms with Crippen molar-refractivity contribution in [3.05, 3.63) is 52.7 Å². The number of alkyl halides is 3. The largest absolute Gasteiger partial charge is 0.399 e. The Hall–Kier alpha value is -3.43. The summed E-state index contributed by atoms with van der Waals surface area (Å²) in [6.07, 6.45) is 2.39. The highest BCUT2D eigenvalue weighted by Crippen LogP contribution is 2.24. The van der Waals surface area contributed by atoms with Crippen molar-refractivity contribution >= 4 is 23.1 Å². The van der Waals surface area contributed by atoms with Crippen LogP contribution in [0.15, 0.2) is 41.6 Å². The molecule has 3 N–H and O–H groups in total. The number of carbonyl (C=O) groups is 1. The van der Waals surface area contributed by atoms with Crippen LogP contribution in [0, 0.1) is 6.92 Å². The highest BCUT2D eigenvalue weighted by atomic mass is 19.4. The molecule has 1 amide bonds. The van der Waals surface area contributed by atoms with Crippen LogP contribution >= 0.6 is 0 Å². The molecule has 1 fully saturated rings. The molecule has 7 nitrogen and oxygen atoms in total. The average molecular weight is 496 g/mol. The number of benzene rings is 1. The average Bonchev–Trinajstić information content (AvgIpc) is 3.36. The van der Waals surface area contributed by atoms with E-state index in [0.717, 1.165) is 36.0 Å². The van der Waals surface area contributed by atoms with E-state index in [1.807, 2.05) is 46.8 Å². The van der Waals surface area contributed by atoms with Crippen LogP contribution in [-0.2, 0) is 4.79 Å². The van der Waals surface area contributed by atoms with Gasteiger partial charge in [0.05, 0.1) is 0 Å². The first-order valence-electron chi connectivity index (χ1n) is 11.5. The van der Waals surface area contributed by atoms with E-state index < -0.39 is 6.18 Å². The van der Waals surface area contributed by atoms with Crippen LogP contribution in [0.1, 0.15) is 53.0 Å². The van der Waals surface area contributed by atoms with E-state index in [0.29, 0.717) is 16.9 Å². The maximum Gasteiger partial charge on any atom is 0.386 e. The zero-order valence-corrected chi connectivity index (χ0v) is 21.2. The summed E-state index contributed by atoms with van der Waals surface area (Å²) in [4.78, 5) is 34.6. The van der Waals surface area contributed by atoms with Crippen LogP contribution in [0.25, 0.3) is 22.2 Å². The van der Waals surface area contributed by atoms with Gasteiger partial charge in [-0.15, -0.1) is 0 Å². The summed E-state index contributed by atoms with van der Waals surface area (Å²) in [5, 5.41) is 0.791. The molecular weight excluding hydrogens is 459 g/mol. The number of likely N-dealkylation sites (tertiary alicyclic amines) is 1. The van der Waals surface area contributed by atoms with Crippen LogP contribution < -0.4 is 11.3 Å². The van der Waals surface area contributed by atoms with Gasteiger partial charge in [-0.1, -0.05) is 33.8 Å². The van der Waals surface area contributed by atoms with Gasteiger partial charge in [0.25, 0.3) is 5.56 Å². The minimum absolute atomic E-state index is 0.181. The first kappa shape index (κ1) is 31.6. The van der Waals surface area contributed by atoms with Crippen molar-refractivity contribution < 1.29 is 18.0 Å². The molecule has 10 heteroatoms. The predicted molar refractivity (Wildman–Crippen MR) is 136 cm³/mol.